The molecular weight excluding hydrogens is 1210 g/mol. The SMILES string of the molecule is CC/C=C\C/C=C\C/C=C\C/C=C\C/C=C\CCCCCCCCCCCCCCCCCCCCCC(=O)NC(COC1OC(CO)C(OC2OC(CO)C(O)C(O)C2O)C(O)C1O)C(O)/C=C/CC/C=C/CCCCCCCCCCCCCCCCCCCCCCC. The molecule has 0 aromatic rings. The van der Waals surface area contributed by atoms with Gasteiger partial charge in [0.05, 0.1) is 32.0 Å². The van der Waals surface area contributed by atoms with E-state index >= 15 is 0 Å². The van der Waals surface area contributed by atoms with Gasteiger partial charge in [0.2, 0.25) is 5.91 Å². The Morgan fingerprint density at radius 1 is 0.385 bits per heavy atom. The minimum absolute atomic E-state index is 0.245. The van der Waals surface area contributed by atoms with Crippen LogP contribution < -0.4 is 5.32 Å². The number of nitrogens with one attached hydrogen (secondary N) is 1. The normalized spacial score (nSPS) is 22.7. The summed E-state index contributed by atoms with van der Waals surface area (Å²) >= 11 is 0. The molecule has 12 unspecified atom stereocenters. The number of hydrogen-bond donors (Lipinski definition) is 9. The molecule has 2 rings (SSSR count). The average Bonchev–Trinajstić information content (AvgIpc) is 0.797. The van der Waals surface area contributed by atoms with Crippen LogP contribution in [0.1, 0.15) is 335 Å². The molecule has 2 heterocycles. The van der Waals surface area contributed by atoms with Crippen molar-refractivity contribution in [3.63, 3.8) is 0 Å². The largest absolute Gasteiger partial charge is 0.394 e. The van der Waals surface area contributed by atoms with Gasteiger partial charge in [0, 0.05) is 6.42 Å². The van der Waals surface area contributed by atoms with Gasteiger partial charge in [-0.1, -0.05) is 336 Å². The lowest BCUT2D eigenvalue weighted by atomic mass is 9.97. The van der Waals surface area contributed by atoms with E-state index in [-0.39, 0.29) is 18.9 Å². The highest BCUT2D eigenvalue weighted by Crippen LogP contribution is 2.30. The standard InChI is InChI=1S/C82H147NO13/c1-3-5-7-9-11-13-15-17-19-21-23-25-27-29-31-32-33-34-35-36-37-38-40-42-44-46-48-50-52-54-56-58-60-62-64-66-74(87)83-70(69-93-81-79(92)77(90)80(73(68-85)95-81)96-82-78(91)76(89)75(88)72(67-84)94-82)71(86)65-63-61-59-57-55-53-51-49-47-45-43-41-39-30-28-26-24-22-20-18-16-14-12-10-8-6-4-2/h5,7,11,13,17,19,23,25,29,31,55,57,63,65,70-73,75-82,84-86,88-92H,3-4,6,8-10,12,14-16,18,20-22,24,26-28,30,32-54,56,58-62,64,66-69H2,1-2H3,(H,83,87)/b7-5-,13-11-,19-17-,25-23-,31-29-,57-55+,65-63+. The van der Waals surface area contributed by atoms with Crippen molar-refractivity contribution in [2.75, 3.05) is 19.8 Å². The summed E-state index contributed by atoms with van der Waals surface area (Å²) in [5, 5.41) is 87.6. The smallest absolute Gasteiger partial charge is 0.220 e. The number of allylic oxidation sites excluding steroid dienone is 13. The molecule has 2 fully saturated rings. The van der Waals surface area contributed by atoms with Crippen LogP contribution in [0.3, 0.4) is 0 Å². The van der Waals surface area contributed by atoms with Gasteiger partial charge in [-0.2, -0.15) is 0 Å². The number of unbranched alkanes of at least 4 members (excludes halogenated alkanes) is 41. The second kappa shape index (κ2) is 65.5. The summed E-state index contributed by atoms with van der Waals surface area (Å²) in [5.41, 5.74) is 0. The summed E-state index contributed by atoms with van der Waals surface area (Å²) in [4.78, 5) is 13.4. The second-order valence-electron chi connectivity index (χ2n) is 27.8. The fraction of sp³-hybridized carbons (Fsp3) is 0.817. The van der Waals surface area contributed by atoms with Crippen LogP contribution in [0.4, 0.5) is 0 Å². The number of ether oxygens (including phenoxy) is 4. The molecule has 2 aliphatic rings. The van der Waals surface area contributed by atoms with Crippen LogP contribution in [-0.4, -0.2) is 140 Å². The molecule has 0 saturated carbocycles. The van der Waals surface area contributed by atoms with E-state index in [1.165, 1.54) is 238 Å². The summed E-state index contributed by atoms with van der Waals surface area (Å²) in [6.45, 7) is 2.71. The molecule has 14 nitrogen and oxygen atoms in total. The molecule has 0 aromatic heterocycles. The predicted molar refractivity (Wildman–Crippen MR) is 396 cm³/mol. The van der Waals surface area contributed by atoms with E-state index in [4.69, 9.17) is 18.9 Å². The third-order valence-corrected chi connectivity index (χ3v) is 19.1. The Balaban J connectivity index is 1.62. The molecular formula is C82H147NO13. The Hall–Kier alpha value is -2.83. The van der Waals surface area contributed by atoms with E-state index in [9.17, 15) is 45.6 Å². The summed E-state index contributed by atoms with van der Waals surface area (Å²) < 4.78 is 22.9. The molecule has 1 amide bonds. The van der Waals surface area contributed by atoms with Gasteiger partial charge in [0.15, 0.2) is 12.6 Å². The lowest BCUT2D eigenvalue weighted by Gasteiger charge is -2.46. The van der Waals surface area contributed by atoms with Crippen molar-refractivity contribution in [3.8, 4) is 0 Å². The highest BCUT2D eigenvalue weighted by atomic mass is 16.7. The molecule has 12 atom stereocenters. The minimum atomic E-state index is -1.79. The first-order valence-electron chi connectivity index (χ1n) is 39.8. The number of carbonyl (C=O) groups is 1. The predicted octanol–water partition coefficient (Wildman–Crippen LogP) is 17.9. The minimum Gasteiger partial charge on any atom is -0.394 e. The van der Waals surface area contributed by atoms with E-state index < -0.39 is 86.8 Å². The molecule has 0 aromatic carbocycles. The zero-order valence-corrected chi connectivity index (χ0v) is 61.1. The Labute approximate surface area is 586 Å². The molecule has 2 saturated heterocycles. The fourth-order valence-corrected chi connectivity index (χ4v) is 12.8. The lowest BCUT2D eigenvalue weighted by molar-refractivity contribution is -0.359. The summed E-state index contributed by atoms with van der Waals surface area (Å²) in [6, 6.07) is -0.936. The van der Waals surface area contributed by atoms with E-state index in [1.54, 1.807) is 6.08 Å². The molecule has 0 spiro atoms. The van der Waals surface area contributed by atoms with Crippen LogP contribution in [-0.2, 0) is 23.7 Å². The van der Waals surface area contributed by atoms with Crippen molar-refractivity contribution in [3.05, 3.63) is 85.1 Å². The van der Waals surface area contributed by atoms with Crippen LogP contribution in [0.25, 0.3) is 0 Å². The quantitative estimate of drug-likeness (QED) is 0.0204. The van der Waals surface area contributed by atoms with Crippen molar-refractivity contribution in [2.45, 2.75) is 408 Å². The first-order chi connectivity index (χ1) is 47.1. The summed E-state index contributed by atoms with van der Waals surface area (Å²) in [5.74, 6) is -0.245. The monoisotopic (exact) mass is 1350 g/mol. The molecule has 558 valence electrons. The third-order valence-electron chi connectivity index (χ3n) is 19.1. The van der Waals surface area contributed by atoms with Crippen LogP contribution in [0, 0.1) is 0 Å². The first-order valence-corrected chi connectivity index (χ1v) is 39.8. The van der Waals surface area contributed by atoms with Gasteiger partial charge in [-0.15, -0.1) is 0 Å². The van der Waals surface area contributed by atoms with Gasteiger partial charge in [-0.25, -0.2) is 0 Å². The van der Waals surface area contributed by atoms with Crippen molar-refractivity contribution in [2.24, 2.45) is 0 Å². The Morgan fingerprint density at radius 3 is 1.15 bits per heavy atom. The van der Waals surface area contributed by atoms with E-state index in [0.29, 0.717) is 12.8 Å². The molecule has 0 aliphatic carbocycles. The maximum atomic E-state index is 13.4. The number of carbonyl (C=O) groups excluding carboxylic acids is 1. The zero-order valence-electron chi connectivity index (χ0n) is 61.1. The van der Waals surface area contributed by atoms with Crippen molar-refractivity contribution >= 4 is 5.91 Å². The van der Waals surface area contributed by atoms with Crippen molar-refractivity contribution in [1.29, 1.82) is 0 Å². The third kappa shape index (κ3) is 48.1. The number of aliphatic hydroxyl groups is 8. The highest BCUT2D eigenvalue weighted by Gasteiger charge is 2.51. The van der Waals surface area contributed by atoms with Crippen molar-refractivity contribution in [1.82, 2.24) is 5.32 Å². The number of aliphatic hydroxyl groups excluding tert-OH is 8. The fourth-order valence-electron chi connectivity index (χ4n) is 12.8. The first kappa shape index (κ1) is 89.3. The van der Waals surface area contributed by atoms with Crippen LogP contribution in [0.15, 0.2) is 85.1 Å². The van der Waals surface area contributed by atoms with E-state index in [1.807, 2.05) is 6.08 Å². The van der Waals surface area contributed by atoms with Crippen molar-refractivity contribution < 1.29 is 64.6 Å². The molecule has 0 bridgehead atoms. The van der Waals surface area contributed by atoms with Gasteiger partial charge >= 0.3 is 0 Å². The second-order valence-corrected chi connectivity index (χ2v) is 27.8. The summed E-state index contributed by atoms with van der Waals surface area (Å²) in [7, 11) is 0. The molecule has 9 N–H and O–H groups in total. The van der Waals surface area contributed by atoms with Crippen LogP contribution >= 0.6 is 0 Å². The van der Waals surface area contributed by atoms with Gasteiger partial charge in [0.25, 0.3) is 0 Å². The summed E-state index contributed by atoms with van der Waals surface area (Å²) in [6.07, 6.45) is 75.2. The topological polar surface area (TPSA) is 228 Å². The molecule has 0 radical (unpaired) electrons. The van der Waals surface area contributed by atoms with Gasteiger partial charge in [-0.3, -0.25) is 4.79 Å². The van der Waals surface area contributed by atoms with E-state index in [2.05, 4.69) is 92.1 Å². The van der Waals surface area contributed by atoms with Gasteiger partial charge < -0.3 is 65.1 Å². The van der Waals surface area contributed by atoms with Crippen LogP contribution in [0.5, 0.6) is 0 Å². The average molecular weight is 1360 g/mol. The molecule has 2 aliphatic heterocycles. The maximum absolute atomic E-state index is 13.4. The zero-order chi connectivity index (χ0) is 69.4. The Morgan fingerprint density at radius 2 is 0.729 bits per heavy atom. The molecule has 96 heavy (non-hydrogen) atoms. The lowest BCUT2D eigenvalue weighted by Crippen LogP contribution is -2.65. The number of amides is 1. The highest BCUT2D eigenvalue weighted by molar-refractivity contribution is 5.76. The van der Waals surface area contributed by atoms with Crippen LogP contribution in [0.2, 0.25) is 0 Å². The van der Waals surface area contributed by atoms with Gasteiger partial charge in [0.1, 0.15) is 48.8 Å². The maximum Gasteiger partial charge on any atom is 0.220 e. The Kier molecular flexibility index (Phi) is 60.9. The van der Waals surface area contributed by atoms with Gasteiger partial charge in [-0.05, 0) is 77.0 Å². The Bertz CT molecular complexity index is 1940. The molecule has 14 heteroatoms. The number of hydrogen-bond acceptors (Lipinski definition) is 13. The van der Waals surface area contributed by atoms with E-state index in [0.717, 1.165) is 64.2 Å². The number of rotatable bonds is 66.